The molecule has 2 nitrogen and oxygen atoms in total. The van der Waals surface area contributed by atoms with Gasteiger partial charge in [0.15, 0.2) is 0 Å². The Kier molecular flexibility index (Phi) is 4.71. The molecule has 1 aromatic heterocycles. The third-order valence-electron chi connectivity index (χ3n) is 2.30. The van der Waals surface area contributed by atoms with Crippen molar-refractivity contribution in [3.05, 3.63) is 46.9 Å². The van der Waals surface area contributed by atoms with Crippen molar-refractivity contribution in [2.45, 2.75) is 29.7 Å². The number of hydrogen-bond donors (Lipinski definition) is 0. The molecule has 0 N–H and O–H groups in total. The van der Waals surface area contributed by atoms with Crippen LogP contribution in [0, 0.1) is 11.6 Å². The Balaban J connectivity index is 2.29. The maximum absolute atomic E-state index is 13.5. The number of nitrogens with zero attached hydrogens (tertiary/aromatic N) is 2. The highest BCUT2D eigenvalue weighted by atomic mass is 35.5. The van der Waals surface area contributed by atoms with E-state index in [0.717, 1.165) is 36.4 Å². The molecule has 0 unspecified atom stereocenters. The van der Waals surface area contributed by atoms with Crippen molar-refractivity contribution in [2.75, 3.05) is 0 Å². The molecule has 0 saturated carbocycles. The third-order valence-corrected chi connectivity index (χ3v) is 3.44. The standard InChI is InChI=1S/C13H11ClF2N2S/c1-2-3-12-17-11(14)7-13(18-12)19-10-6-8(15)4-5-9(10)16/h4-7H,2-3H2,1H3. The molecule has 0 fully saturated rings. The van der Waals surface area contributed by atoms with Crippen LogP contribution in [0.2, 0.25) is 5.15 Å². The monoisotopic (exact) mass is 300 g/mol. The lowest BCUT2D eigenvalue weighted by atomic mass is 10.3. The highest BCUT2D eigenvalue weighted by Gasteiger charge is 2.09. The zero-order chi connectivity index (χ0) is 13.8. The lowest BCUT2D eigenvalue weighted by Gasteiger charge is -2.05. The third kappa shape index (κ3) is 3.88. The van der Waals surface area contributed by atoms with Gasteiger partial charge in [0.25, 0.3) is 0 Å². The van der Waals surface area contributed by atoms with Crippen molar-refractivity contribution >= 4 is 23.4 Å². The number of benzene rings is 1. The Morgan fingerprint density at radius 1 is 1.21 bits per heavy atom. The Bertz CT molecular complexity index is 593. The summed E-state index contributed by atoms with van der Waals surface area (Å²) in [5, 5.41) is 0.811. The summed E-state index contributed by atoms with van der Waals surface area (Å²) in [5.74, 6) is -0.370. The fourth-order valence-electron chi connectivity index (χ4n) is 1.50. The maximum Gasteiger partial charge on any atom is 0.137 e. The van der Waals surface area contributed by atoms with Gasteiger partial charge in [0.1, 0.15) is 27.6 Å². The topological polar surface area (TPSA) is 25.8 Å². The molecule has 0 saturated heterocycles. The fourth-order valence-corrected chi connectivity index (χ4v) is 2.65. The molecule has 0 spiro atoms. The predicted molar refractivity (Wildman–Crippen MR) is 71.5 cm³/mol. The first-order chi connectivity index (χ1) is 9.08. The van der Waals surface area contributed by atoms with Crippen molar-refractivity contribution in [3.8, 4) is 0 Å². The van der Waals surface area contributed by atoms with Gasteiger partial charge in [-0.3, -0.25) is 0 Å². The minimum atomic E-state index is -0.488. The normalized spacial score (nSPS) is 10.7. The van der Waals surface area contributed by atoms with Crippen LogP contribution in [0.5, 0.6) is 0 Å². The van der Waals surface area contributed by atoms with E-state index in [1.165, 1.54) is 6.07 Å². The van der Waals surface area contributed by atoms with E-state index in [1.807, 2.05) is 6.92 Å². The quantitative estimate of drug-likeness (QED) is 0.777. The van der Waals surface area contributed by atoms with Gasteiger partial charge in [0, 0.05) is 12.5 Å². The van der Waals surface area contributed by atoms with Crippen molar-refractivity contribution in [1.82, 2.24) is 9.97 Å². The molecule has 1 aromatic carbocycles. The molecule has 0 amide bonds. The molecular formula is C13H11ClF2N2S. The first-order valence-corrected chi connectivity index (χ1v) is 6.94. The molecule has 0 aliphatic carbocycles. The van der Waals surface area contributed by atoms with E-state index >= 15 is 0 Å². The van der Waals surface area contributed by atoms with Gasteiger partial charge < -0.3 is 0 Å². The van der Waals surface area contributed by atoms with Crippen molar-refractivity contribution in [2.24, 2.45) is 0 Å². The second-order valence-electron chi connectivity index (χ2n) is 3.87. The lowest BCUT2D eigenvalue weighted by molar-refractivity contribution is 0.577. The van der Waals surface area contributed by atoms with Crippen LogP contribution in [-0.4, -0.2) is 9.97 Å². The number of aryl methyl sites for hydroxylation is 1. The molecule has 6 heteroatoms. The van der Waals surface area contributed by atoms with Crippen LogP contribution < -0.4 is 0 Å². The minimum absolute atomic E-state index is 0.178. The average molecular weight is 301 g/mol. The largest absolute Gasteiger partial charge is 0.226 e. The number of aromatic nitrogens is 2. The zero-order valence-electron chi connectivity index (χ0n) is 10.2. The average Bonchev–Trinajstić information content (AvgIpc) is 2.33. The molecule has 100 valence electrons. The second kappa shape index (κ2) is 6.30. The zero-order valence-corrected chi connectivity index (χ0v) is 11.7. The van der Waals surface area contributed by atoms with E-state index in [9.17, 15) is 8.78 Å². The predicted octanol–water partition coefficient (Wildman–Crippen LogP) is 4.51. The van der Waals surface area contributed by atoms with Gasteiger partial charge in [-0.2, -0.15) is 0 Å². The van der Waals surface area contributed by atoms with Gasteiger partial charge in [0.05, 0.1) is 4.90 Å². The summed E-state index contributed by atoms with van der Waals surface area (Å²) in [6.45, 7) is 2.00. The van der Waals surface area contributed by atoms with Gasteiger partial charge in [-0.15, -0.1) is 0 Å². The van der Waals surface area contributed by atoms with E-state index < -0.39 is 11.6 Å². The van der Waals surface area contributed by atoms with Crippen LogP contribution in [0.1, 0.15) is 19.2 Å². The van der Waals surface area contributed by atoms with Gasteiger partial charge in [-0.25, -0.2) is 18.7 Å². The summed E-state index contributed by atoms with van der Waals surface area (Å²) in [6.07, 6.45) is 1.58. The molecule has 2 rings (SSSR count). The van der Waals surface area contributed by atoms with Crippen LogP contribution in [-0.2, 0) is 6.42 Å². The fraction of sp³-hybridized carbons (Fsp3) is 0.231. The van der Waals surface area contributed by atoms with Gasteiger partial charge >= 0.3 is 0 Å². The molecule has 0 atom stereocenters. The summed E-state index contributed by atoms with van der Waals surface area (Å²) < 4.78 is 26.6. The highest BCUT2D eigenvalue weighted by Crippen LogP contribution is 2.30. The van der Waals surface area contributed by atoms with Crippen molar-refractivity contribution < 1.29 is 8.78 Å². The molecule has 19 heavy (non-hydrogen) atoms. The highest BCUT2D eigenvalue weighted by molar-refractivity contribution is 7.99. The molecule has 0 aliphatic rings. The number of halogens is 3. The first kappa shape index (κ1) is 14.2. The summed E-state index contributed by atoms with van der Waals surface area (Å²) in [7, 11) is 0. The van der Waals surface area contributed by atoms with E-state index in [1.54, 1.807) is 0 Å². The first-order valence-electron chi connectivity index (χ1n) is 5.75. The van der Waals surface area contributed by atoms with Crippen LogP contribution in [0.3, 0.4) is 0 Å². The van der Waals surface area contributed by atoms with Crippen LogP contribution in [0.4, 0.5) is 8.78 Å². The van der Waals surface area contributed by atoms with E-state index in [0.29, 0.717) is 22.4 Å². The van der Waals surface area contributed by atoms with Gasteiger partial charge in [0.2, 0.25) is 0 Å². The molecular weight excluding hydrogens is 290 g/mol. The molecule has 1 heterocycles. The van der Waals surface area contributed by atoms with Crippen LogP contribution in [0.15, 0.2) is 34.2 Å². The summed E-state index contributed by atoms with van der Waals surface area (Å²) in [4.78, 5) is 8.52. The maximum atomic E-state index is 13.5. The smallest absolute Gasteiger partial charge is 0.137 e. The van der Waals surface area contributed by atoms with Gasteiger partial charge in [-0.1, -0.05) is 30.3 Å². The molecule has 0 bridgehead atoms. The van der Waals surface area contributed by atoms with Crippen LogP contribution >= 0.6 is 23.4 Å². The van der Waals surface area contributed by atoms with E-state index in [2.05, 4.69) is 9.97 Å². The Morgan fingerprint density at radius 2 is 2.00 bits per heavy atom. The number of hydrogen-bond acceptors (Lipinski definition) is 3. The lowest BCUT2D eigenvalue weighted by Crippen LogP contribution is -1.96. The van der Waals surface area contributed by atoms with Crippen LogP contribution in [0.25, 0.3) is 0 Å². The summed E-state index contributed by atoms with van der Waals surface area (Å²) in [5.41, 5.74) is 0. The van der Waals surface area contributed by atoms with Crippen molar-refractivity contribution in [3.63, 3.8) is 0 Å². The van der Waals surface area contributed by atoms with E-state index in [-0.39, 0.29) is 4.90 Å². The SMILES string of the molecule is CCCc1nc(Cl)cc(Sc2cc(F)ccc2F)n1. The minimum Gasteiger partial charge on any atom is -0.226 e. The second-order valence-corrected chi connectivity index (χ2v) is 5.32. The molecule has 0 radical (unpaired) electrons. The van der Waals surface area contributed by atoms with E-state index in [4.69, 9.17) is 11.6 Å². The molecule has 0 aliphatic heterocycles. The molecule has 2 aromatic rings. The number of rotatable bonds is 4. The van der Waals surface area contributed by atoms with Gasteiger partial charge in [-0.05, 0) is 24.6 Å². The Hall–Kier alpha value is -1.20. The Morgan fingerprint density at radius 3 is 2.74 bits per heavy atom. The summed E-state index contributed by atoms with van der Waals surface area (Å²) >= 11 is 6.92. The van der Waals surface area contributed by atoms with Crippen molar-refractivity contribution in [1.29, 1.82) is 0 Å². The summed E-state index contributed by atoms with van der Waals surface area (Å²) in [6, 6.07) is 4.84. The Labute approximate surface area is 119 Å².